The van der Waals surface area contributed by atoms with E-state index in [2.05, 4.69) is 6.07 Å². The molecule has 0 radical (unpaired) electrons. The van der Waals surface area contributed by atoms with Gasteiger partial charge in [-0.25, -0.2) is 0 Å². The number of benzene rings is 1. The summed E-state index contributed by atoms with van der Waals surface area (Å²) in [5.74, 6) is 0.688. The number of nitriles is 1. The maximum Gasteiger partial charge on any atom is 0.173 e. The van der Waals surface area contributed by atoms with Gasteiger partial charge in [0.1, 0.15) is 5.76 Å². The van der Waals surface area contributed by atoms with E-state index in [0.29, 0.717) is 17.8 Å². The van der Waals surface area contributed by atoms with Crippen LogP contribution in [0.15, 0.2) is 35.9 Å². The van der Waals surface area contributed by atoms with E-state index in [4.69, 9.17) is 4.74 Å². The van der Waals surface area contributed by atoms with Crippen molar-refractivity contribution in [3.8, 4) is 6.07 Å². The van der Waals surface area contributed by atoms with Crippen molar-refractivity contribution < 1.29 is 9.53 Å². The Morgan fingerprint density at radius 3 is 2.76 bits per heavy atom. The molecule has 0 saturated heterocycles. The monoisotopic (exact) mass is 225 g/mol. The first kappa shape index (κ1) is 10.1. The van der Waals surface area contributed by atoms with Crippen LogP contribution in [-0.2, 0) is 9.53 Å². The number of hydrogen-bond donors (Lipinski definition) is 0. The van der Waals surface area contributed by atoms with Crippen LogP contribution in [0.4, 0.5) is 0 Å². The zero-order valence-electron chi connectivity index (χ0n) is 9.22. The van der Waals surface area contributed by atoms with Gasteiger partial charge in [0.05, 0.1) is 11.6 Å². The van der Waals surface area contributed by atoms with Crippen molar-refractivity contribution in [1.29, 1.82) is 5.26 Å². The predicted molar refractivity (Wildman–Crippen MR) is 61.6 cm³/mol. The molecule has 1 aliphatic carbocycles. The molecule has 0 N–H and O–H groups in total. The van der Waals surface area contributed by atoms with Gasteiger partial charge in [0, 0.05) is 17.9 Å². The minimum absolute atomic E-state index is 0.0253. The van der Waals surface area contributed by atoms with Crippen molar-refractivity contribution in [1.82, 2.24) is 0 Å². The van der Waals surface area contributed by atoms with E-state index in [-0.39, 0.29) is 11.7 Å². The Balaban J connectivity index is 2.05. The van der Waals surface area contributed by atoms with Crippen LogP contribution in [0, 0.1) is 17.2 Å². The third-order valence-corrected chi connectivity index (χ3v) is 3.40. The van der Waals surface area contributed by atoms with Gasteiger partial charge >= 0.3 is 0 Å². The number of Topliss-reactive ketones (excluding diaryl/α,β-unsaturated/α-hetero) is 1. The molecule has 17 heavy (non-hydrogen) atoms. The molecule has 0 spiro atoms. The van der Waals surface area contributed by atoms with Crippen LogP contribution in [0.3, 0.4) is 0 Å². The number of hydrogen-bond acceptors (Lipinski definition) is 3. The minimum atomic E-state index is -0.417. The van der Waals surface area contributed by atoms with Crippen molar-refractivity contribution in [3.63, 3.8) is 0 Å². The average Bonchev–Trinajstić information content (AvgIpc) is 2.90. The van der Waals surface area contributed by atoms with Gasteiger partial charge in [-0.15, -0.1) is 0 Å². The molecule has 1 saturated carbocycles. The van der Waals surface area contributed by atoms with Crippen LogP contribution in [0.5, 0.6) is 0 Å². The number of carbonyl (C=O) groups excluding carboxylic acids is 1. The fourth-order valence-electron chi connectivity index (χ4n) is 2.56. The Bertz CT molecular complexity index is 539. The van der Waals surface area contributed by atoms with Gasteiger partial charge in [0.2, 0.25) is 0 Å². The molecule has 1 fully saturated rings. The summed E-state index contributed by atoms with van der Waals surface area (Å²) >= 11 is 0. The van der Waals surface area contributed by atoms with Crippen molar-refractivity contribution >= 4 is 11.5 Å². The molecular weight excluding hydrogens is 214 g/mol. The number of ketones is 1. The molecule has 0 aromatic heterocycles. The van der Waals surface area contributed by atoms with Crippen molar-refractivity contribution in [3.05, 3.63) is 41.5 Å². The van der Waals surface area contributed by atoms with Crippen LogP contribution in [-0.4, -0.2) is 11.9 Å². The summed E-state index contributed by atoms with van der Waals surface area (Å²) in [6.07, 6.45) is 0.852. The highest BCUT2D eigenvalue weighted by Gasteiger charge is 2.45. The Morgan fingerprint density at radius 1 is 1.29 bits per heavy atom. The predicted octanol–water partition coefficient (Wildman–Crippen LogP) is 2.30. The van der Waals surface area contributed by atoms with Crippen molar-refractivity contribution in [2.75, 3.05) is 0 Å². The number of fused-ring (bicyclic) bond motifs is 1. The third-order valence-electron chi connectivity index (χ3n) is 3.40. The first-order valence-corrected chi connectivity index (χ1v) is 5.70. The highest BCUT2D eigenvalue weighted by atomic mass is 16.5. The lowest BCUT2D eigenvalue weighted by molar-refractivity contribution is -0.124. The second-order valence-corrected chi connectivity index (χ2v) is 4.37. The molecule has 84 valence electrons. The molecule has 1 aliphatic heterocycles. The average molecular weight is 225 g/mol. The van der Waals surface area contributed by atoms with Gasteiger partial charge in [0.15, 0.2) is 11.9 Å². The smallest absolute Gasteiger partial charge is 0.173 e. The van der Waals surface area contributed by atoms with Gasteiger partial charge in [-0.2, -0.15) is 5.26 Å². The lowest BCUT2D eigenvalue weighted by atomic mass is 9.96. The number of ether oxygens (including phenoxy) is 1. The van der Waals surface area contributed by atoms with Crippen molar-refractivity contribution in [2.24, 2.45) is 5.92 Å². The zero-order valence-corrected chi connectivity index (χ0v) is 9.22. The number of rotatable bonds is 1. The summed E-state index contributed by atoms with van der Waals surface area (Å²) in [6.45, 7) is 0. The molecule has 3 nitrogen and oxygen atoms in total. The van der Waals surface area contributed by atoms with E-state index in [1.807, 2.05) is 30.3 Å². The zero-order chi connectivity index (χ0) is 11.8. The highest BCUT2D eigenvalue weighted by molar-refractivity contribution is 5.90. The second kappa shape index (κ2) is 3.74. The maximum absolute atomic E-state index is 11.6. The van der Waals surface area contributed by atoms with E-state index in [1.165, 1.54) is 0 Å². The summed E-state index contributed by atoms with van der Waals surface area (Å²) in [5, 5.41) is 9.23. The van der Waals surface area contributed by atoms with E-state index >= 15 is 0 Å². The SMILES string of the molecule is N#CC1=C(c2ccccc2)O[C@H]2C(=O)CC[C@@H]12. The topological polar surface area (TPSA) is 50.1 Å². The molecule has 1 aromatic rings. The minimum Gasteiger partial charge on any atom is -0.480 e. The summed E-state index contributed by atoms with van der Waals surface area (Å²) in [6, 6.07) is 11.7. The Hall–Kier alpha value is -2.08. The largest absolute Gasteiger partial charge is 0.480 e. The molecule has 3 rings (SSSR count). The molecule has 0 bridgehead atoms. The van der Waals surface area contributed by atoms with E-state index < -0.39 is 6.10 Å². The molecule has 2 atom stereocenters. The third kappa shape index (κ3) is 1.45. The normalized spacial score (nSPS) is 26.6. The molecule has 3 heteroatoms. The molecule has 2 aliphatic rings. The van der Waals surface area contributed by atoms with Crippen LogP contribution in [0.1, 0.15) is 18.4 Å². The Labute approximate surface area is 99.3 Å². The second-order valence-electron chi connectivity index (χ2n) is 4.37. The van der Waals surface area contributed by atoms with E-state index in [1.54, 1.807) is 0 Å². The Morgan fingerprint density at radius 2 is 2.06 bits per heavy atom. The summed E-state index contributed by atoms with van der Waals surface area (Å²) in [7, 11) is 0. The fourth-order valence-corrected chi connectivity index (χ4v) is 2.56. The quantitative estimate of drug-likeness (QED) is 0.736. The first-order valence-electron chi connectivity index (χ1n) is 5.70. The molecule has 1 heterocycles. The number of carbonyl (C=O) groups is 1. The Kier molecular flexibility index (Phi) is 2.22. The van der Waals surface area contributed by atoms with Crippen LogP contribution in [0.2, 0.25) is 0 Å². The van der Waals surface area contributed by atoms with Gasteiger partial charge in [-0.3, -0.25) is 4.79 Å². The summed E-state index contributed by atoms with van der Waals surface area (Å²) in [4.78, 5) is 11.6. The van der Waals surface area contributed by atoms with E-state index in [0.717, 1.165) is 12.0 Å². The van der Waals surface area contributed by atoms with Gasteiger partial charge < -0.3 is 4.74 Å². The first-order chi connectivity index (χ1) is 8.31. The van der Waals surface area contributed by atoms with Gasteiger partial charge in [-0.1, -0.05) is 30.3 Å². The van der Waals surface area contributed by atoms with Gasteiger partial charge in [-0.05, 0) is 6.42 Å². The molecule has 0 amide bonds. The lowest BCUT2D eigenvalue weighted by Crippen LogP contribution is -2.19. The maximum atomic E-state index is 11.6. The lowest BCUT2D eigenvalue weighted by Gasteiger charge is -2.09. The fraction of sp³-hybridized carbons (Fsp3) is 0.286. The molecular formula is C14H11NO2. The molecule has 0 unspecified atom stereocenters. The van der Waals surface area contributed by atoms with Crippen molar-refractivity contribution in [2.45, 2.75) is 18.9 Å². The summed E-state index contributed by atoms with van der Waals surface area (Å²) in [5.41, 5.74) is 1.51. The summed E-state index contributed by atoms with van der Waals surface area (Å²) < 4.78 is 5.69. The van der Waals surface area contributed by atoms with Gasteiger partial charge in [0.25, 0.3) is 0 Å². The number of nitrogens with zero attached hydrogens (tertiary/aromatic N) is 1. The standard InChI is InChI=1S/C14H11NO2/c15-8-11-10-6-7-12(16)14(10)17-13(11)9-4-2-1-3-5-9/h1-5,10,14H,6-7H2/t10-,14+/m0/s1. The van der Waals surface area contributed by atoms with Crippen LogP contribution < -0.4 is 0 Å². The molecule has 1 aromatic carbocycles. The van der Waals surface area contributed by atoms with Crippen LogP contribution >= 0.6 is 0 Å². The highest BCUT2D eigenvalue weighted by Crippen LogP contribution is 2.43. The van der Waals surface area contributed by atoms with E-state index in [9.17, 15) is 10.1 Å². The van der Waals surface area contributed by atoms with Crippen LogP contribution in [0.25, 0.3) is 5.76 Å².